The maximum absolute atomic E-state index is 5.28. The fourth-order valence-corrected chi connectivity index (χ4v) is 0.889. The average Bonchev–Trinajstić information content (AvgIpc) is 2.26. The van der Waals surface area contributed by atoms with Gasteiger partial charge in [0.15, 0.2) is 0 Å². The Labute approximate surface area is 92.0 Å². The van der Waals surface area contributed by atoms with Crippen molar-refractivity contribution in [2.45, 2.75) is 13.3 Å². The molecule has 0 rings (SSSR count). The Balaban J connectivity index is 2.81. The lowest BCUT2D eigenvalue weighted by molar-refractivity contribution is -0.0186. The van der Waals surface area contributed by atoms with Gasteiger partial charge in [0.05, 0.1) is 39.6 Å². The lowest BCUT2D eigenvalue weighted by atomic mass is 10.5. The number of rotatable bonds is 12. The normalized spacial score (nSPS) is 10.8. The Morgan fingerprint density at radius 1 is 0.733 bits per heavy atom. The predicted octanol–water partition coefficient (Wildman–Crippen LogP) is 0.597. The van der Waals surface area contributed by atoms with E-state index >= 15 is 0 Å². The highest BCUT2D eigenvalue weighted by atomic mass is 16.7. The van der Waals surface area contributed by atoms with Crippen LogP contribution in [0.25, 0.3) is 0 Å². The van der Waals surface area contributed by atoms with Crippen molar-refractivity contribution in [3.8, 4) is 0 Å². The molecular weight excluding hydrogens is 198 g/mol. The van der Waals surface area contributed by atoms with Crippen molar-refractivity contribution in [3.63, 3.8) is 0 Å². The van der Waals surface area contributed by atoms with Gasteiger partial charge in [-0.2, -0.15) is 0 Å². The summed E-state index contributed by atoms with van der Waals surface area (Å²) in [5.74, 6) is 0. The maximum Gasteiger partial charge on any atom is 0.0915 e. The van der Waals surface area contributed by atoms with E-state index < -0.39 is 0 Å². The van der Waals surface area contributed by atoms with E-state index in [-0.39, 0.29) is 0 Å². The summed E-state index contributed by atoms with van der Waals surface area (Å²) in [7, 11) is 1.72. The van der Waals surface area contributed by atoms with Gasteiger partial charge in [0, 0.05) is 13.7 Å². The van der Waals surface area contributed by atoms with Crippen molar-refractivity contribution >= 4 is 0 Å². The summed E-state index contributed by atoms with van der Waals surface area (Å²) in [6.07, 6.45) is 1.05. The van der Waals surface area contributed by atoms with E-state index in [2.05, 4.69) is 12.4 Å². The molecule has 0 aliphatic carbocycles. The predicted molar refractivity (Wildman–Crippen MR) is 57.8 cm³/mol. The SMILES string of the molecule is CCCOCCOCCOCCONC. The number of ether oxygens (including phenoxy) is 3. The average molecular weight is 221 g/mol. The molecule has 0 spiro atoms. The molecule has 0 aromatic rings. The van der Waals surface area contributed by atoms with E-state index in [9.17, 15) is 0 Å². The Morgan fingerprint density at radius 3 is 1.67 bits per heavy atom. The summed E-state index contributed by atoms with van der Waals surface area (Å²) in [5.41, 5.74) is 2.57. The molecule has 0 radical (unpaired) electrons. The van der Waals surface area contributed by atoms with E-state index in [0.717, 1.165) is 13.0 Å². The van der Waals surface area contributed by atoms with Crippen LogP contribution in [0.5, 0.6) is 0 Å². The van der Waals surface area contributed by atoms with E-state index in [1.165, 1.54) is 0 Å². The Bertz CT molecular complexity index is 102. The molecule has 0 saturated carbocycles. The van der Waals surface area contributed by atoms with Gasteiger partial charge in [-0.25, -0.2) is 5.48 Å². The third-order valence-corrected chi connectivity index (χ3v) is 1.57. The highest BCUT2D eigenvalue weighted by Crippen LogP contribution is 1.83. The summed E-state index contributed by atoms with van der Waals surface area (Å²) in [4.78, 5) is 4.87. The van der Waals surface area contributed by atoms with Gasteiger partial charge in [0.1, 0.15) is 0 Å². The molecule has 0 aliphatic rings. The molecular formula is C10H23NO4. The highest BCUT2D eigenvalue weighted by Gasteiger charge is 1.91. The minimum absolute atomic E-state index is 0.552. The van der Waals surface area contributed by atoms with Gasteiger partial charge in [-0.3, -0.25) is 4.84 Å². The van der Waals surface area contributed by atoms with Crippen molar-refractivity contribution in [2.75, 3.05) is 53.3 Å². The molecule has 0 aromatic heterocycles. The summed E-state index contributed by atoms with van der Waals surface area (Å²) < 4.78 is 15.8. The van der Waals surface area contributed by atoms with Crippen LogP contribution in [-0.2, 0) is 19.0 Å². The number of nitrogens with one attached hydrogen (secondary N) is 1. The van der Waals surface area contributed by atoms with Crippen LogP contribution in [-0.4, -0.2) is 53.3 Å². The molecule has 15 heavy (non-hydrogen) atoms. The molecule has 0 aliphatic heterocycles. The van der Waals surface area contributed by atoms with Crippen molar-refractivity contribution in [3.05, 3.63) is 0 Å². The first kappa shape index (κ1) is 14.8. The second-order valence-corrected chi connectivity index (χ2v) is 2.89. The van der Waals surface area contributed by atoms with Gasteiger partial charge in [0.25, 0.3) is 0 Å². The zero-order chi connectivity index (χ0) is 11.2. The van der Waals surface area contributed by atoms with Gasteiger partial charge in [-0.1, -0.05) is 6.92 Å². The third kappa shape index (κ3) is 13.8. The Hall–Kier alpha value is -0.200. The van der Waals surface area contributed by atoms with Gasteiger partial charge >= 0.3 is 0 Å². The number of hydrogen-bond acceptors (Lipinski definition) is 5. The van der Waals surface area contributed by atoms with E-state index in [0.29, 0.717) is 39.6 Å². The van der Waals surface area contributed by atoms with Crippen LogP contribution in [0.1, 0.15) is 13.3 Å². The van der Waals surface area contributed by atoms with Crippen LogP contribution in [0.2, 0.25) is 0 Å². The lowest BCUT2D eigenvalue weighted by Crippen LogP contribution is -2.15. The molecule has 0 heterocycles. The number of hydroxylamine groups is 1. The van der Waals surface area contributed by atoms with Crippen LogP contribution in [0.4, 0.5) is 0 Å². The summed E-state index contributed by atoms with van der Waals surface area (Å²) in [5, 5.41) is 0. The quantitative estimate of drug-likeness (QED) is 0.386. The van der Waals surface area contributed by atoms with Gasteiger partial charge < -0.3 is 14.2 Å². The number of hydrogen-bond donors (Lipinski definition) is 1. The van der Waals surface area contributed by atoms with Crippen molar-refractivity contribution < 1.29 is 19.0 Å². The Morgan fingerprint density at radius 2 is 1.20 bits per heavy atom. The fourth-order valence-electron chi connectivity index (χ4n) is 0.889. The minimum Gasteiger partial charge on any atom is -0.379 e. The molecule has 0 bridgehead atoms. The Kier molecular flexibility index (Phi) is 13.6. The van der Waals surface area contributed by atoms with E-state index in [1.807, 2.05) is 0 Å². The van der Waals surface area contributed by atoms with Gasteiger partial charge in [-0.05, 0) is 6.42 Å². The molecule has 0 unspecified atom stereocenters. The molecule has 5 nitrogen and oxygen atoms in total. The van der Waals surface area contributed by atoms with Gasteiger partial charge in [0.2, 0.25) is 0 Å². The first-order valence-corrected chi connectivity index (χ1v) is 5.43. The lowest BCUT2D eigenvalue weighted by Gasteiger charge is -2.06. The molecule has 0 atom stereocenters. The van der Waals surface area contributed by atoms with Crippen LogP contribution in [0.15, 0.2) is 0 Å². The summed E-state index contributed by atoms with van der Waals surface area (Å²) in [6, 6.07) is 0. The van der Waals surface area contributed by atoms with Crippen LogP contribution >= 0.6 is 0 Å². The second-order valence-electron chi connectivity index (χ2n) is 2.89. The highest BCUT2D eigenvalue weighted by molar-refractivity contribution is 4.33. The largest absolute Gasteiger partial charge is 0.379 e. The molecule has 0 amide bonds. The second kappa shape index (κ2) is 13.8. The van der Waals surface area contributed by atoms with Gasteiger partial charge in [-0.15, -0.1) is 0 Å². The van der Waals surface area contributed by atoms with Crippen LogP contribution in [0.3, 0.4) is 0 Å². The molecule has 92 valence electrons. The monoisotopic (exact) mass is 221 g/mol. The van der Waals surface area contributed by atoms with E-state index in [4.69, 9.17) is 19.0 Å². The standard InChI is InChI=1S/C10H23NO4/c1-3-4-12-5-6-13-7-8-14-9-10-15-11-2/h11H,3-10H2,1-2H3. The molecule has 0 saturated heterocycles. The maximum atomic E-state index is 5.28. The fraction of sp³-hybridized carbons (Fsp3) is 1.00. The summed E-state index contributed by atoms with van der Waals surface area (Å²) >= 11 is 0. The van der Waals surface area contributed by atoms with E-state index in [1.54, 1.807) is 7.05 Å². The molecule has 0 aromatic carbocycles. The molecule has 0 fully saturated rings. The zero-order valence-electron chi connectivity index (χ0n) is 9.79. The first-order valence-electron chi connectivity index (χ1n) is 5.43. The topological polar surface area (TPSA) is 49.0 Å². The molecule has 5 heteroatoms. The van der Waals surface area contributed by atoms with Crippen LogP contribution < -0.4 is 5.48 Å². The summed E-state index contributed by atoms with van der Waals surface area (Å²) in [6.45, 7) is 6.53. The van der Waals surface area contributed by atoms with Crippen LogP contribution in [0, 0.1) is 0 Å². The smallest absolute Gasteiger partial charge is 0.0915 e. The first-order chi connectivity index (χ1) is 7.41. The third-order valence-electron chi connectivity index (χ3n) is 1.57. The minimum atomic E-state index is 0.552. The molecule has 1 N–H and O–H groups in total. The van der Waals surface area contributed by atoms with Crippen molar-refractivity contribution in [2.24, 2.45) is 0 Å². The zero-order valence-corrected chi connectivity index (χ0v) is 9.79. The van der Waals surface area contributed by atoms with Crippen molar-refractivity contribution in [1.29, 1.82) is 0 Å². The van der Waals surface area contributed by atoms with Crippen molar-refractivity contribution in [1.82, 2.24) is 5.48 Å².